The van der Waals surface area contributed by atoms with Crippen molar-refractivity contribution < 1.29 is 4.79 Å². The van der Waals surface area contributed by atoms with Crippen LogP contribution in [-0.4, -0.2) is 24.9 Å². The maximum atomic E-state index is 12.2. The number of nitrogens with zero attached hydrogens (tertiary/aromatic N) is 1. The molecule has 0 aliphatic heterocycles. The molecule has 2 heteroatoms. The second-order valence-corrected chi connectivity index (χ2v) is 6.45. The minimum atomic E-state index is -0.0381. The zero-order valence-electron chi connectivity index (χ0n) is 15.7. The average molecular weight is 353 g/mol. The molecule has 0 aromatic heterocycles. The van der Waals surface area contributed by atoms with Crippen LogP contribution in [-0.2, 0) is 4.79 Å². The van der Waals surface area contributed by atoms with E-state index < -0.39 is 0 Å². The van der Waals surface area contributed by atoms with Crippen LogP contribution < -0.4 is 0 Å². The Morgan fingerprint density at radius 3 is 1.44 bits per heavy atom. The molecule has 0 atom stereocenters. The van der Waals surface area contributed by atoms with Crippen LogP contribution in [0.3, 0.4) is 0 Å². The van der Waals surface area contributed by atoms with Crippen LogP contribution in [0, 0.1) is 0 Å². The van der Waals surface area contributed by atoms with Gasteiger partial charge < -0.3 is 4.90 Å². The summed E-state index contributed by atoms with van der Waals surface area (Å²) in [6, 6.07) is 30.8. The van der Waals surface area contributed by atoms with Gasteiger partial charge in [-0.3, -0.25) is 4.79 Å². The molecule has 3 aromatic rings. The van der Waals surface area contributed by atoms with Crippen molar-refractivity contribution in [2.75, 3.05) is 14.1 Å². The van der Waals surface area contributed by atoms with Crippen molar-refractivity contribution in [3.63, 3.8) is 0 Å². The molecule has 1 amide bonds. The minimum absolute atomic E-state index is 0.0381. The standard InChI is InChI=1S/C25H23NO/c1-26(2)24(27)19-18-23(20-12-6-3-7-13-20)25(21-14-8-4-9-15-21)22-16-10-5-11-17-22/h3-19H,1-2H3/b19-18+. The fraction of sp³-hybridized carbons (Fsp3) is 0.0800. The number of hydrogen-bond acceptors (Lipinski definition) is 1. The average Bonchev–Trinajstić information content (AvgIpc) is 2.72. The second-order valence-electron chi connectivity index (χ2n) is 6.45. The Labute approximate surface area is 161 Å². The summed E-state index contributed by atoms with van der Waals surface area (Å²) in [6.07, 6.45) is 3.56. The Kier molecular flexibility index (Phi) is 6.01. The van der Waals surface area contributed by atoms with Crippen molar-refractivity contribution in [3.8, 4) is 0 Å². The van der Waals surface area contributed by atoms with E-state index in [1.165, 1.54) is 0 Å². The Hall–Kier alpha value is -3.39. The fourth-order valence-electron chi connectivity index (χ4n) is 2.93. The van der Waals surface area contributed by atoms with Crippen LogP contribution in [0.4, 0.5) is 0 Å². The Bertz CT molecular complexity index is 898. The highest BCUT2D eigenvalue weighted by Crippen LogP contribution is 2.33. The molecule has 0 aliphatic carbocycles. The topological polar surface area (TPSA) is 20.3 Å². The van der Waals surface area contributed by atoms with Gasteiger partial charge in [0, 0.05) is 20.2 Å². The van der Waals surface area contributed by atoms with Crippen LogP contribution in [0.15, 0.2) is 103 Å². The Morgan fingerprint density at radius 2 is 1.04 bits per heavy atom. The largest absolute Gasteiger partial charge is 0.345 e. The van der Waals surface area contributed by atoms with E-state index >= 15 is 0 Å². The lowest BCUT2D eigenvalue weighted by atomic mass is 9.89. The smallest absolute Gasteiger partial charge is 0.246 e. The van der Waals surface area contributed by atoms with Crippen LogP contribution in [0.2, 0.25) is 0 Å². The van der Waals surface area contributed by atoms with Crippen LogP contribution in [0.1, 0.15) is 16.7 Å². The van der Waals surface area contributed by atoms with Gasteiger partial charge in [-0.1, -0.05) is 91.0 Å². The number of hydrogen-bond donors (Lipinski definition) is 0. The summed E-state index contributed by atoms with van der Waals surface area (Å²) in [5.74, 6) is -0.0381. The van der Waals surface area contributed by atoms with E-state index in [1.54, 1.807) is 25.1 Å². The van der Waals surface area contributed by atoms with Gasteiger partial charge in [-0.05, 0) is 33.9 Å². The van der Waals surface area contributed by atoms with E-state index in [9.17, 15) is 4.79 Å². The SMILES string of the molecule is CN(C)C(=O)/C=C/C(=C(c1ccccc1)c1ccccc1)c1ccccc1. The molecule has 0 fully saturated rings. The molecule has 0 saturated carbocycles. The van der Waals surface area contributed by atoms with E-state index in [0.29, 0.717) is 0 Å². The van der Waals surface area contributed by atoms with Gasteiger partial charge in [0.2, 0.25) is 5.91 Å². The molecular formula is C25H23NO. The summed E-state index contributed by atoms with van der Waals surface area (Å²) in [4.78, 5) is 13.8. The highest BCUT2D eigenvalue weighted by atomic mass is 16.2. The minimum Gasteiger partial charge on any atom is -0.345 e. The van der Waals surface area contributed by atoms with Crippen LogP contribution in [0.25, 0.3) is 11.1 Å². The first-order chi connectivity index (χ1) is 13.2. The summed E-state index contributed by atoms with van der Waals surface area (Å²) in [5.41, 5.74) is 5.42. The molecule has 2 nitrogen and oxygen atoms in total. The lowest BCUT2D eigenvalue weighted by molar-refractivity contribution is -0.123. The molecule has 0 bridgehead atoms. The maximum Gasteiger partial charge on any atom is 0.246 e. The van der Waals surface area contributed by atoms with E-state index in [0.717, 1.165) is 27.8 Å². The molecule has 0 heterocycles. The van der Waals surface area contributed by atoms with Gasteiger partial charge >= 0.3 is 0 Å². The Balaban J connectivity index is 2.28. The maximum absolute atomic E-state index is 12.2. The van der Waals surface area contributed by atoms with Gasteiger partial charge in [0.15, 0.2) is 0 Å². The summed E-state index contributed by atoms with van der Waals surface area (Å²) in [6.45, 7) is 0. The number of carbonyl (C=O) groups excluding carboxylic acids is 1. The van der Waals surface area contributed by atoms with Crippen molar-refractivity contribution in [2.45, 2.75) is 0 Å². The molecule has 0 aliphatic rings. The number of allylic oxidation sites excluding steroid dienone is 2. The number of amides is 1. The lowest BCUT2D eigenvalue weighted by Crippen LogP contribution is -2.18. The monoisotopic (exact) mass is 353 g/mol. The number of benzene rings is 3. The molecule has 0 radical (unpaired) electrons. The molecule has 3 aromatic carbocycles. The second kappa shape index (κ2) is 8.81. The van der Waals surface area contributed by atoms with Crippen molar-refractivity contribution in [1.29, 1.82) is 0 Å². The third-order valence-electron chi connectivity index (χ3n) is 4.31. The number of likely N-dealkylation sites (N-methyl/N-ethyl adjacent to an activating group) is 1. The van der Waals surface area contributed by atoms with Crippen molar-refractivity contribution in [1.82, 2.24) is 4.90 Å². The first kappa shape index (κ1) is 18.4. The quantitative estimate of drug-likeness (QED) is 0.347. The van der Waals surface area contributed by atoms with Crippen LogP contribution >= 0.6 is 0 Å². The van der Waals surface area contributed by atoms with E-state index in [1.807, 2.05) is 60.7 Å². The predicted molar refractivity (Wildman–Crippen MR) is 113 cm³/mol. The first-order valence-electron chi connectivity index (χ1n) is 8.96. The number of rotatable bonds is 5. The zero-order valence-corrected chi connectivity index (χ0v) is 15.7. The molecule has 0 unspecified atom stereocenters. The highest BCUT2D eigenvalue weighted by molar-refractivity contribution is 6.04. The molecule has 134 valence electrons. The Morgan fingerprint density at radius 1 is 0.630 bits per heavy atom. The molecular weight excluding hydrogens is 330 g/mol. The fourth-order valence-corrected chi connectivity index (χ4v) is 2.93. The van der Waals surface area contributed by atoms with Gasteiger partial charge in [0.1, 0.15) is 0 Å². The zero-order chi connectivity index (χ0) is 19.1. The van der Waals surface area contributed by atoms with Crippen LogP contribution in [0.5, 0.6) is 0 Å². The summed E-state index contributed by atoms with van der Waals surface area (Å²) in [5, 5.41) is 0. The molecule has 3 rings (SSSR count). The van der Waals surface area contributed by atoms with E-state index in [-0.39, 0.29) is 5.91 Å². The van der Waals surface area contributed by atoms with E-state index in [2.05, 4.69) is 36.4 Å². The first-order valence-corrected chi connectivity index (χ1v) is 8.96. The van der Waals surface area contributed by atoms with Crippen molar-refractivity contribution in [3.05, 3.63) is 120 Å². The summed E-state index contributed by atoms with van der Waals surface area (Å²) < 4.78 is 0. The summed E-state index contributed by atoms with van der Waals surface area (Å²) >= 11 is 0. The highest BCUT2D eigenvalue weighted by Gasteiger charge is 2.12. The predicted octanol–water partition coefficient (Wildman–Crippen LogP) is 5.29. The van der Waals surface area contributed by atoms with Gasteiger partial charge in [-0.25, -0.2) is 0 Å². The third kappa shape index (κ3) is 4.62. The third-order valence-corrected chi connectivity index (χ3v) is 4.31. The van der Waals surface area contributed by atoms with Gasteiger partial charge in [-0.15, -0.1) is 0 Å². The molecule has 0 N–H and O–H groups in total. The van der Waals surface area contributed by atoms with Gasteiger partial charge in [0.05, 0.1) is 0 Å². The summed E-state index contributed by atoms with van der Waals surface area (Å²) in [7, 11) is 3.52. The van der Waals surface area contributed by atoms with Crippen molar-refractivity contribution in [2.24, 2.45) is 0 Å². The molecule has 0 saturated heterocycles. The van der Waals surface area contributed by atoms with Gasteiger partial charge in [0.25, 0.3) is 0 Å². The molecule has 27 heavy (non-hydrogen) atoms. The molecule has 0 spiro atoms. The van der Waals surface area contributed by atoms with Crippen molar-refractivity contribution >= 4 is 17.1 Å². The van der Waals surface area contributed by atoms with E-state index in [4.69, 9.17) is 0 Å². The normalized spacial score (nSPS) is 10.6. The number of carbonyl (C=O) groups is 1. The lowest BCUT2D eigenvalue weighted by Gasteiger charge is -2.15. The van der Waals surface area contributed by atoms with Gasteiger partial charge in [-0.2, -0.15) is 0 Å².